The largest absolute Gasteiger partial charge is 0.493 e. The van der Waals surface area contributed by atoms with Crippen LogP contribution < -0.4 is 20.3 Å². The lowest BCUT2D eigenvalue weighted by Crippen LogP contribution is -2.41. The van der Waals surface area contributed by atoms with Crippen LogP contribution in [0.25, 0.3) is 0 Å². The third-order valence-electron chi connectivity index (χ3n) is 3.37. The van der Waals surface area contributed by atoms with Crippen LogP contribution in [0.4, 0.5) is 0 Å². The highest BCUT2D eigenvalue weighted by Gasteiger charge is 2.13. The predicted octanol–water partition coefficient (Wildman–Crippen LogP) is 2.34. The second-order valence-electron chi connectivity index (χ2n) is 5.19. The van der Waals surface area contributed by atoms with Crippen LogP contribution in [-0.2, 0) is 0 Å². The van der Waals surface area contributed by atoms with Crippen molar-refractivity contribution in [3.8, 4) is 11.5 Å². The Hall–Kier alpha value is -3.09. The van der Waals surface area contributed by atoms with E-state index < -0.39 is 11.8 Å². The van der Waals surface area contributed by atoms with Crippen molar-refractivity contribution in [1.29, 1.82) is 0 Å². The zero-order valence-electron chi connectivity index (χ0n) is 14.2. The van der Waals surface area contributed by atoms with Crippen molar-refractivity contribution in [1.82, 2.24) is 15.8 Å². The van der Waals surface area contributed by atoms with Crippen LogP contribution in [0.1, 0.15) is 40.6 Å². The van der Waals surface area contributed by atoms with E-state index >= 15 is 0 Å². The van der Waals surface area contributed by atoms with Crippen LogP contribution in [-0.4, -0.2) is 30.5 Å². The Labute approximate surface area is 146 Å². The fraction of sp³-hybridized carbons (Fsp3) is 0.278. The number of carbonyl (C=O) groups is 2. The maximum atomic E-state index is 12.2. The first-order chi connectivity index (χ1) is 12.2. The summed E-state index contributed by atoms with van der Waals surface area (Å²) in [5.74, 6) is 0.0629. The van der Waals surface area contributed by atoms with E-state index in [1.165, 1.54) is 13.3 Å². The number of nitrogens with one attached hydrogen (secondary N) is 2. The molecule has 0 aliphatic carbocycles. The molecule has 132 valence electrons. The zero-order valence-corrected chi connectivity index (χ0v) is 14.2. The Bertz CT molecular complexity index is 720. The summed E-state index contributed by atoms with van der Waals surface area (Å²) < 4.78 is 10.9. The second-order valence-corrected chi connectivity index (χ2v) is 5.19. The second kappa shape index (κ2) is 9.27. The number of aromatic nitrogens is 1. The summed E-state index contributed by atoms with van der Waals surface area (Å²) in [6, 6.07) is 9.77. The lowest BCUT2D eigenvalue weighted by molar-refractivity contribution is 0.0843. The molecule has 0 atom stereocenters. The smallest absolute Gasteiger partial charge is 0.288 e. The van der Waals surface area contributed by atoms with Gasteiger partial charge >= 0.3 is 0 Å². The summed E-state index contributed by atoms with van der Waals surface area (Å²) in [7, 11) is 1.51. The van der Waals surface area contributed by atoms with E-state index in [4.69, 9.17) is 9.47 Å². The third-order valence-corrected chi connectivity index (χ3v) is 3.37. The predicted molar refractivity (Wildman–Crippen MR) is 92.6 cm³/mol. The van der Waals surface area contributed by atoms with Gasteiger partial charge in [-0.25, -0.2) is 0 Å². The van der Waals surface area contributed by atoms with Gasteiger partial charge in [0, 0.05) is 11.8 Å². The number of benzene rings is 1. The molecular weight excluding hydrogens is 322 g/mol. The number of hydrogen-bond acceptors (Lipinski definition) is 5. The first kappa shape index (κ1) is 18.3. The summed E-state index contributed by atoms with van der Waals surface area (Å²) in [4.78, 5) is 28.0. The van der Waals surface area contributed by atoms with Gasteiger partial charge in [0.2, 0.25) is 0 Å². The molecule has 2 N–H and O–H groups in total. The van der Waals surface area contributed by atoms with E-state index in [9.17, 15) is 9.59 Å². The van der Waals surface area contributed by atoms with Crippen LogP contribution in [0, 0.1) is 0 Å². The number of amides is 2. The van der Waals surface area contributed by atoms with Crippen molar-refractivity contribution < 1.29 is 19.1 Å². The van der Waals surface area contributed by atoms with Gasteiger partial charge in [0.1, 0.15) is 5.69 Å². The lowest BCUT2D eigenvalue weighted by atomic mass is 10.2. The average molecular weight is 343 g/mol. The first-order valence-electron chi connectivity index (χ1n) is 7.98. The van der Waals surface area contributed by atoms with Gasteiger partial charge < -0.3 is 9.47 Å². The van der Waals surface area contributed by atoms with Crippen LogP contribution in [0.3, 0.4) is 0 Å². The molecule has 2 aromatic rings. The van der Waals surface area contributed by atoms with E-state index in [0.717, 1.165) is 12.8 Å². The molecule has 25 heavy (non-hydrogen) atoms. The summed E-state index contributed by atoms with van der Waals surface area (Å²) in [5.41, 5.74) is 5.21. The molecule has 0 aliphatic heterocycles. The van der Waals surface area contributed by atoms with Gasteiger partial charge in [-0.2, -0.15) is 0 Å². The number of rotatable bonds is 7. The molecule has 0 spiro atoms. The van der Waals surface area contributed by atoms with Gasteiger partial charge in [0.25, 0.3) is 11.8 Å². The number of pyridine rings is 1. The van der Waals surface area contributed by atoms with Crippen LogP contribution in [0.5, 0.6) is 11.5 Å². The average Bonchev–Trinajstić information content (AvgIpc) is 2.66. The molecule has 2 amide bonds. The first-order valence-corrected chi connectivity index (χ1v) is 7.98. The van der Waals surface area contributed by atoms with Gasteiger partial charge in [-0.15, -0.1) is 0 Å². The number of methoxy groups -OCH3 is 1. The van der Waals surface area contributed by atoms with E-state index in [1.807, 2.05) is 0 Å². The number of ether oxygens (including phenoxy) is 2. The molecule has 0 fully saturated rings. The van der Waals surface area contributed by atoms with Gasteiger partial charge in [0.15, 0.2) is 11.5 Å². The number of nitrogens with zero attached hydrogens (tertiary/aromatic N) is 1. The summed E-state index contributed by atoms with van der Waals surface area (Å²) >= 11 is 0. The van der Waals surface area contributed by atoms with Crippen molar-refractivity contribution in [2.24, 2.45) is 0 Å². The molecule has 1 aromatic carbocycles. The highest BCUT2D eigenvalue weighted by Crippen LogP contribution is 2.28. The molecule has 0 radical (unpaired) electrons. The summed E-state index contributed by atoms with van der Waals surface area (Å²) in [5, 5.41) is 0. The molecule has 0 saturated heterocycles. The Morgan fingerprint density at radius 1 is 1.08 bits per heavy atom. The lowest BCUT2D eigenvalue weighted by Gasteiger charge is -2.12. The van der Waals surface area contributed by atoms with E-state index in [1.54, 1.807) is 36.4 Å². The molecule has 0 unspecified atom stereocenters. The fourth-order valence-electron chi connectivity index (χ4n) is 2.00. The van der Waals surface area contributed by atoms with Crippen molar-refractivity contribution in [3.63, 3.8) is 0 Å². The molecule has 2 rings (SSSR count). The summed E-state index contributed by atoms with van der Waals surface area (Å²) in [6.07, 6.45) is 3.46. The fourth-order valence-corrected chi connectivity index (χ4v) is 2.00. The quantitative estimate of drug-likeness (QED) is 0.595. The molecule has 1 heterocycles. The van der Waals surface area contributed by atoms with E-state index in [-0.39, 0.29) is 5.69 Å². The molecular formula is C18H21N3O4. The maximum absolute atomic E-state index is 12.2. The number of unbranched alkanes of at least 4 members (excludes halogenated alkanes) is 1. The topological polar surface area (TPSA) is 89.6 Å². The molecule has 7 heteroatoms. The molecule has 0 bridgehead atoms. The monoisotopic (exact) mass is 343 g/mol. The van der Waals surface area contributed by atoms with Gasteiger partial charge in [0.05, 0.1) is 13.7 Å². The van der Waals surface area contributed by atoms with Crippen molar-refractivity contribution in [2.75, 3.05) is 13.7 Å². The molecule has 0 saturated carbocycles. The van der Waals surface area contributed by atoms with Crippen molar-refractivity contribution in [3.05, 3.63) is 53.9 Å². The number of hydrogen-bond donors (Lipinski definition) is 2. The van der Waals surface area contributed by atoms with Crippen LogP contribution >= 0.6 is 0 Å². The molecule has 7 nitrogen and oxygen atoms in total. The van der Waals surface area contributed by atoms with E-state index in [2.05, 4.69) is 22.8 Å². The summed E-state index contributed by atoms with van der Waals surface area (Å²) in [6.45, 7) is 2.66. The van der Waals surface area contributed by atoms with E-state index in [0.29, 0.717) is 23.7 Å². The Balaban J connectivity index is 1.98. The highest BCUT2D eigenvalue weighted by molar-refractivity contribution is 5.98. The van der Waals surface area contributed by atoms with Gasteiger partial charge in [-0.1, -0.05) is 19.4 Å². The van der Waals surface area contributed by atoms with Gasteiger partial charge in [-0.05, 0) is 36.8 Å². The van der Waals surface area contributed by atoms with Crippen LogP contribution in [0.15, 0.2) is 42.6 Å². The number of carbonyl (C=O) groups excluding carboxylic acids is 2. The highest BCUT2D eigenvalue weighted by atomic mass is 16.5. The van der Waals surface area contributed by atoms with Crippen molar-refractivity contribution in [2.45, 2.75) is 19.8 Å². The minimum Gasteiger partial charge on any atom is -0.493 e. The van der Waals surface area contributed by atoms with Gasteiger partial charge in [-0.3, -0.25) is 25.4 Å². The van der Waals surface area contributed by atoms with Crippen LogP contribution in [0.2, 0.25) is 0 Å². The minimum atomic E-state index is -0.500. The third kappa shape index (κ3) is 5.20. The van der Waals surface area contributed by atoms with Crippen molar-refractivity contribution >= 4 is 11.8 Å². The SMILES string of the molecule is CCCCOc1ccc(C(=O)NNC(=O)c2ccccn2)cc1OC. The minimum absolute atomic E-state index is 0.208. The Morgan fingerprint density at radius 3 is 2.56 bits per heavy atom. The Kier molecular flexibility index (Phi) is 6.76. The number of hydrazine groups is 1. The molecule has 0 aliphatic rings. The zero-order chi connectivity index (χ0) is 18.1. The Morgan fingerprint density at radius 2 is 1.88 bits per heavy atom. The normalized spacial score (nSPS) is 10.0. The standard InChI is InChI=1S/C18H21N3O4/c1-3-4-11-25-15-9-8-13(12-16(15)24-2)17(22)20-21-18(23)14-7-5-6-10-19-14/h5-10,12H,3-4,11H2,1-2H3,(H,20,22)(H,21,23). The molecule has 1 aromatic heterocycles. The maximum Gasteiger partial charge on any atom is 0.288 e.